The quantitative estimate of drug-likeness (QED) is 0.544. The third-order valence-electron chi connectivity index (χ3n) is 5.54. The summed E-state index contributed by atoms with van der Waals surface area (Å²) in [6, 6.07) is 4.28. The molecule has 3 rings (SSSR count). The Hall–Kier alpha value is -2.75. The van der Waals surface area contributed by atoms with Gasteiger partial charge in [-0.3, -0.25) is 4.79 Å². The van der Waals surface area contributed by atoms with Gasteiger partial charge in [0.15, 0.2) is 10.9 Å². The van der Waals surface area contributed by atoms with E-state index in [9.17, 15) is 22.8 Å². The predicted molar refractivity (Wildman–Crippen MR) is 121 cm³/mol. The lowest BCUT2D eigenvalue weighted by molar-refractivity contribution is -0.140. The van der Waals surface area contributed by atoms with Crippen molar-refractivity contribution in [2.45, 2.75) is 46.3 Å². The third-order valence-corrected chi connectivity index (χ3v) is 6.42. The van der Waals surface area contributed by atoms with Gasteiger partial charge in [-0.15, -0.1) is 0 Å². The fraction of sp³-hybridized carbons (Fsp3) is 0.435. The second-order valence-electron chi connectivity index (χ2n) is 7.82. The van der Waals surface area contributed by atoms with E-state index in [2.05, 4.69) is 4.99 Å². The van der Waals surface area contributed by atoms with Crippen molar-refractivity contribution in [3.8, 4) is 0 Å². The molecule has 1 unspecified atom stereocenters. The summed E-state index contributed by atoms with van der Waals surface area (Å²) in [5, 5.41) is 1.70. The zero-order valence-electron chi connectivity index (χ0n) is 19.1. The number of amidine groups is 1. The highest BCUT2D eigenvalue weighted by atomic mass is 32.2. The van der Waals surface area contributed by atoms with Crippen LogP contribution in [0.2, 0.25) is 0 Å². The molecule has 0 fully saturated rings. The minimum Gasteiger partial charge on any atom is -0.463 e. The van der Waals surface area contributed by atoms with E-state index in [0.29, 0.717) is 23.4 Å². The number of benzene rings is 1. The van der Waals surface area contributed by atoms with Crippen LogP contribution in [0.3, 0.4) is 0 Å². The van der Waals surface area contributed by atoms with Gasteiger partial charge in [0.05, 0.1) is 24.6 Å². The summed E-state index contributed by atoms with van der Waals surface area (Å²) >= 11 is 1.01. The maximum absolute atomic E-state index is 14.1. The molecule has 178 valence electrons. The number of alkyl halides is 3. The summed E-state index contributed by atoms with van der Waals surface area (Å²) < 4.78 is 47.4. The van der Waals surface area contributed by atoms with Gasteiger partial charge < -0.3 is 14.5 Å². The average molecular weight is 482 g/mol. The number of fused-ring (bicyclic) bond motifs is 1. The van der Waals surface area contributed by atoms with Crippen molar-refractivity contribution in [2.75, 3.05) is 20.2 Å². The van der Waals surface area contributed by atoms with E-state index < -0.39 is 29.5 Å². The van der Waals surface area contributed by atoms with E-state index >= 15 is 0 Å². The molecule has 0 aromatic heterocycles. The van der Waals surface area contributed by atoms with Crippen molar-refractivity contribution >= 4 is 28.8 Å². The third kappa shape index (κ3) is 4.95. The summed E-state index contributed by atoms with van der Waals surface area (Å²) in [7, 11) is 1.66. The first kappa shape index (κ1) is 24.9. The largest absolute Gasteiger partial charge is 0.463 e. The zero-order chi connectivity index (χ0) is 24.5. The standard InChI is InChI=1S/C23H26F3N3O3S/c1-6-28(5)17(30)11-15-12-33-22-27-20(23(24,25)26)18(21(31)32-7-2)19(29(15)22)16-10-13(3)8-9-14(16)4/h8-10,12,19H,6-7,11H2,1-5H3. The van der Waals surface area contributed by atoms with Gasteiger partial charge in [-0.05, 0) is 44.2 Å². The van der Waals surface area contributed by atoms with Crippen molar-refractivity contribution in [3.05, 3.63) is 57.3 Å². The number of carbonyl (C=O) groups is 2. The summed E-state index contributed by atoms with van der Waals surface area (Å²) in [5.74, 6) is -1.26. The number of aliphatic imine (C=N–C) groups is 1. The molecule has 2 aliphatic heterocycles. The monoisotopic (exact) mass is 481 g/mol. The second kappa shape index (κ2) is 9.62. The zero-order valence-corrected chi connectivity index (χ0v) is 19.9. The van der Waals surface area contributed by atoms with Gasteiger partial charge in [-0.25, -0.2) is 9.79 Å². The van der Waals surface area contributed by atoms with Crippen LogP contribution in [0.15, 0.2) is 45.6 Å². The molecule has 1 amide bonds. The van der Waals surface area contributed by atoms with Crippen molar-refractivity contribution in [1.29, 1.82) is 0 Å². The van der Waals surface area contributed by atoms with E-state index in [1.807, 2.05) is 19.9 Å². The number of amides is 1. The van der Waals surface area contributed by atoms with Crippen LogP contribution < -0.4 is 0 Å². The van der Waals surface area contributed by atoms with Gasteiger partial charge in [0, 0.05) is 19.3 Å². The molecule has 0 bridgehead atoms. The molecule has 0 aliphatic carbocycles. The Kier molecular flexibility index (Phi) is 7.26. The maximum atomic E-state index is 14.1. The molecular weight excluding hydrogens is 455 g/mol. The number of aryl methyl sites for hydroxylation is 2. The van der Waals surface area contributed by atoms with Crippen molar-refractivity contribution in [3.63, 3.8) is 0 Å². The Labute approximate surface area is 195 Å². The van der Waals surface area contributed by atoms with Gasteiger partial charge in [-0.2, -0.15) is 13.2 Å². The predicted octanol–water partition coefficient (Wildman–Crippen LogP) is 4.85. The van der Waals surface area contributed by atoms with Crippen LogP contribution >= 0.6 is 11.8 Å². The van der Waals surface area contributed by atoms with E-state index in [1.54, 1.807) is 36.4 Å². The Morgan fingerprint density at radius 1 is 1.24 bits per heavy atom. The average Bonchev–Trinajstić information content (AvgIpc) is 3.15. The van der Waals surface area contributed by atoms with Gasteiger partial charge in [0.1, 0.15) is 0 Å². The Bertz CT molecular complexity index is 1060. The normalized spacial score (nSPS) is 18.1. The number of halogens is 3. The topological polar surface area (TPSA) is 62.2 Å². The molecule has 0 spiro atoms. The minimum atomic E-state index is -4.86. The highest BCUT2D eigenvalue weighted by Crippen LogP contribution is 2.48. The highest BCUT2D eigenvalue weighted by Gasteiger charge is 2.49. The minimum absolute atomic E-state index is 0.0326. The van der Waals surface area contributed by atoms with E-state index in [0.717, 1.165) is 17.3 Å². The van der Waals surface area contributed by atoms with Crippen LogP contribution in [-0.2, 0) is 14.3 Å². The maximum Gasteiger partial charge on any atom is 0.434 e. The van der Waals surface area contributed by atoms with Crippen molar-refractivity contribution < 1.29 is 27.5 Å². The molecule has 2 aliphatic rings. The lowest BCUT2D eigenvalue weighted by Gasteiger charge is -2.37. The summed E-state index contributed by atoms with van der Waals surface area (Å²) in [6.07, 6.45) is -4.89. The van der Waals surface area contributed by atoms with E-state index in [-0.39, 0.29) is 24.1 Å². The molecule has 0 radical (unpaired) electrons. The molecular formula is C23H26F3N3O3S. The number of thioether (sulfide) groups is 1. The lowest BCUT2D eigenvalue weighted by Crippen LogP contribution is -2.40. The highest BCUT2D eigenvalue weighted by molar-refractivity contribution is 8.16. The van der Waals surface area contributed by atoms with Crippen LogP contribution in [0.5, 0.6) is 0 Å². The molecule has 10 heteroatoms. The fourth-order valence-corrected chi connectivity index (χ4v) is 4.62. The SMILES string of the molecule is CCOC(=O)C1=C(C(F)(F)F)N=C2SC=C(CC(=O)N(C)CC)N2C1c1cc(C)ccc1C. The van der Waals surface area contributed by atoms with Crippen LogP contribution in [0, 0.1) is 13.8 Å². The summed E-state index contributed by atoms with van der Waals surface area (Å²) in [4.78, 5) is 32.5. The number of hydrogen-bond acceptors (Lipinski definition) is 6. The molecule has 1 aromatic carbocycles. The number of esters is 1. The van der Waals surface area contributed by atoms with Crippen molar-refractivity contribution in [1.82, 2.24) is 9.80 Å². The molecule has 0 saturated carbocycles. The molecule has 6 nitrogen and oxygen atoms in total. The first-order valence-corrected chi connectivity index (χ1v) is 11.4. The fourth-order valence-electron chi connectivity index (χ4n) is 3.70. The number of hydrogen-bond donors (Lipinski definition) is 0. The van der Waals surface area contributed by atoms with Crippen LogP contribution in [0.1, 0.15) is 43.0 Å². The van der Waals surface area contributed by atoms with Crippen LogP contribution in [-0.4, -0.2) is 53.2 Å². The summed E-state index contributed by atoms with van der Waals surface area (Å²) in [5.41, 5.74) is 0.706. The molecule has 0 N–H and O–H groups in total. The summed E-state index contributed by atoms with van der Waals surface area (Å²) in [6.45, 7) is 7.38. The molecule has 2 heterocycles. The van der Waals surface area contributed by atoms with Gasteiger partial charge in [0.2, 0.25) is 5.91 Å². The van der Waals surface area contributed by atoms with Crippen LogP contribution in [0.25, 0.3) is 0 Å². The number of allylic oxidation sites excluding steroid dienone is 1. The Balaban J connectivity index is 2.23. The number of nitrogens with zero attached hydrogens (tertiary/aromatic N) is 3. The van der Waals surface area contributed by atoms with E-state index in [1.165, 1.54) is 11.8 Å². The molecule has 1 atom stereocenters. The van der Waals surface area contributed by atoms with Gasteiger partial charge >= 0.3 is 12.1 Å². The Morgan fingerprint density at radius 2 is 1.94 bits per heavy atom. The molecule has 1 aromatic rings. The number of rotatable bonds is 6. The van der Waals surface area contributed by atoms with E-state index in [4.69, 9.17) is 4.74 Å². The second-order valence-corrected chi connectivity index (χ2v) is 8.66. The number of carbonyl (C=O) groups excluding carboxylic acids is 2. The van der Waals surface area contributed by atoms with Gasteiger partial charge in [0.25, 0.3) is 0 Å². The van der Waals surface area contributed by atoms with Crippen molar-refractivity contribution in [2.24, 2.45) is 4.99 Å². The smallest absolute Gasteiger partial charge is 0.434 e. The van der Waals surface area contributed by atoms with Gasteiger partial charge in [-0.1, -0.05) is 35.5 Å². The van der Waals surface area contributed by atoms with Crippen LogP contribution in [0.4, 0.5) is 13.2 Å². The Morgan fingerprint density at radius 3 is 2.55 bits per heavy atom. The first-order valence-electron chi connectivity index (χ1n) is 10.5. The molecule has 33 heavy (non-hydrogen) atoms. The lowest BCUT2D eigenvalue weighted by atomic mass is 9.89. The molecule has 0 saturated heterocycles. The number of ether oxygens (including phenoxy) is 1. The first-order chi connectivity index (χ1) is 15.5.